The molecule has 1 aromatic rings. The van der Waals surface area contributed by atoms with Gasteiger partial charge in [-0.25, -0.2) is 12.8 Å². The van der Waals surface area contributed by atoms with Crippen molar-refractivity contribution in [2.75, 3.05) is 26.2 Å². The Hall–Kier alpha value is -1.51. The summed E-state index contributed by atoms with van der Waals surface area (Å²) >= 11 is 0. The van der Waals surface area contributed by atoms with E-state index in [1.807, 2.05) is 0 Å². The molecule has 0 heterocycles. The molecule has 21 heavy (non-hydrogen) atoms. The maximum Gasteiger partial charge on any atom is 0.243 e. The topological polar surface area (TPSA) is 86.7 Å². The second kappa shape index (κ2) is 8.06. The predicted molar refractivity (Wildman–Crippen MR) is 75.5 cm³/mol. The molecule has 0 saturated heterocycles. The Kier molecular flexibility index (Phi) is 6.73. The van der Waals surface area contributed by atoms with Crippen molar-refractivity contribution in [2.45, 2.75) is 18.2 Å². The summed E-state index contributed by atoms with van der Waals surface area (Å²) < 4.78 is 38.5. The van der Waals surface area contributed by atoms with Crippen molar-refractivity contribution in [3.8, 4) is 0 Å². The van der Waals surface area contributed by atoms with E-state index in [-0.39, 0.29) is 31.1 Å². The normalized spacial score (nSPS) is 11.6. The molecule has 0 radical (unpaired) electrons. The van der Waals surface area contributed by atoms with Crippen molar-refractivity contribution in [3.63, 3.8) is 0 Å². The standard InChI is InChI=1S/C13H19FN2O4S/c1-2-16(10-13(18)15-8-3-9-17)21(19,20)12-6-4-11(14)5-7-12/h4-7,17H,2-3,8-10H2,1H3,(H,15,18). The number of aliphatic hydroxyl groups is 1. The molecule has 0 aliphatic rings. The molecule has 1 rings (SSSR count). The van der Waals surface area contributed by atoms with E-state index in [0.29, 0.717) is 6.42 Å². The lowest BCUT2D eigenvalue weighted by atomic mass is 10.4. The van der Waals surface area contributed by atoms with E-state index in [1.165, 1.54) is 0 Å². The zero-order valence-corrected chi connectivity index (χ0v) is 12.6. The third-order valence-corrected chi connectivity index (χ3v) is 4.72. The van der Waals surface area contributed by atoms with E-state index in [9.17, 15) is 17.6 Å². The van der Waals surface area contributed by atoms with Gasteiger partial charge in [0.2, 0.25) is 15.9 Å². The van der Waals surface area contributed by atoms with Crippen LogP contribution in [0.15, 0.2) is 29.2 Å². The fraction of sp³-hybridized carbons (Fsp3) is 0.462. The zero-order chi connectivity index (χ0) is 15.9. The lowest BCUT2D eigenvalue weighted by Crippen LogP contribution is -2.40. The smallest absolute Gasteiger partial charge is 0.243 e. The van der Waals surface area contributed by atoms with Gasteiger partial charge in [0.25, 0.3) is 0 Å². The Bertz CT molecular complexity index is 560. The first-order chi connectivity index (χ1) is 9.91. The van der Waals surface area contributed by atoms with Crippen LogP contribution in [0.3, 0.4) is 0 Å². The van der Waals surface area contributed by atoms with Crippen LogP contribution in [0, 0.1) is 5.82 Å². The summed E-state index contributed by atoms with van der Waals surface area (Å²) in [6.45, 7) is 1.64. The second-order valence-corrected chi connectivity index (χ2v) is 6.25. The number of carbonyl (C=O) groups is 1. The Balaban J connectivity index is 2.78. The molecule has 0 unspecified atom stereocenters. The first-order valence-electron chi connectivity index (χ1n) is 6.55. The number of sulfonamides is 1. The van der Waals surface area contributed by atoms with Gasteiger partial charge in [-0.2, -0.15) is 4.31 Å². The van der Waals surface area contributed by atoms with Crippen molar-refractivity contribution in [1.29, 1.82) is 0 Å². The fourth-order valence-electron chi connectivity index (χ4n) is 1.65. The molecule has 1 aromatic carbocycles. The van der Waals surface area contributed by atoms with Gasteiger partial charge in [0.1, 0.15) is 5.82 Å². The summed E-state index contributed by atoms with van der Waals surface area (Å²) in [5, 5.41) is 11.1. The number of nitrogens with one attached hydrogen (secondary N) is 1. The third kappa shape index (κ3) is 5.07. The van der Waals surface area contributed by atoms with Crippen LogP contribution in [0.25, 0.3) is 0 Å². The SMILES string of the molecule is CCN(CC(=O)NCCCO)S(=O)(=O)c1ccc(F)cc1. The molecule has 1 amide bonds. The highest BCUT2D eigenvalue weighted by atomic mass is 32.2. The molecule has 0 aliphatic carbocycles. The molecule has 2 N–H and O–H groups in total. The molecule has 0 atom stereocenters. The van der Waals surface area contributed by atoms with Crippen LogP contribution < -0.4 is 5.32 Å². The minimum absolute atomic E-state index is 0.0500. The molecular weight excluding hydrogens is 299 g/mol. The zero-order valence-electron chi connectivity index (χ0n) is 11.8. The maximum atomic E-state index is 12.8. The van der Waals surface area contributed by atoms with Crippen molar-refractivity contribution in [1.82, 2.24) is 9.62 Å². The third-order valence-electron chi connectivity index (χ3n) is 2.78. The molecule has 0 aromatic heterocycles. The van der Waals surface area contributed by atoms with Crippen molar-refractivity contribution < 1.29 is 22.7 Å². The number of hydrogen-bond acceptors (Lipinski definition) is 4. The van der Waals surface area contributed by atoms with Gasteiger partial charge in [-0.1, -0.05) is 6.92 Å². The molecule has 118 valence electrons. The van der Waals surface area contributed by atoms with E-state index in [0.717, 1.165) is 28.6 Å². The van der Waals surface area contributed by atoms with Gasteiger partial charge < -0.3 is 10.4 Å². The van der Waals surface area contributed by atoms with Gasteiger partial charge in [0, 0.05) is 19.7 Å². The van der Waals surface area contributed by atoms with Crippen molar-refractivity contribution in [3.05, 3.63) is 30.1 Å². The summed E-state index contributed by atoms with van der Waals surface area (Å²) in [7, 11) is -3.84. The van der Waals surface area contributed by atoms with E-state index in [1.54, 1.807) is 6.92 Å². The van der Waals surface area contributed by atoms with Crippen LogP contribution in [0.2, 0.25) is 0 Å². The largest absolute Gasteiger partial charge is 0.396 e. The molecule has 8 heteroatoms. The number of rotatable bonds is 8. The van der Waals surface area contributed by atoms with Gasteiger partial charge in [0.15, 0.2) is 0 Å². The number of aliphatic hydroxyl groups excluding tert-OH is 1. The minimum Gasteiger partial charge on any atom is -0.396 e. The molecule has 0 saturated carbocycles. The Labute approximate surface area is 123 Å². The van der Waals surface area contributed by atoms with Gasteiger partial charge in [-0.3, -0.25) is 4.79 Å². The minimum atomic E-state index is -3.84. The first kappa shape index (κ1) is 17.5. The predicted octanol–water partition coefficient (Wildman–Crippen LogP) is 0.335. The van der Waals surface area contributed by atoms with Crippen LogP contribution in [0.4, 0.5) is 4.39 Å². The highest BCUT2D eigenvalue weighted by Gasteiger charge is 2.25. The summed E-state index contributed by atoms with van der Waals surface area (Å²) in [4.78, 5) is 11.6. The van der Waals surface area contributed by atoms with Crippen LogP contribution in [0.1, 0.15) is 13.3 Å². The monoisotopic (exact) mass is 318 g/mol. The maximum absolute atomic E-state index is 12.8. The molecule has 6 nitrogen and oxygen atoms in total. The van der Waals surface area contributed by atoms with Crippen LogP contribution in [0.5, 0.6) is 0 Å². The number of amides is 1. The highest BCUT2D eigenvalue weighted by Crippen LogP contribution is 2.15. The number of halogens is 1. The first-order valence-corrected chi connectivity index (χ1v) is 7.99. The van der Waals surface area contributed by atoms with E-state index in [2.05, 4.69) is 5.32 Å². The van der Waals surface area contributed by atoms with E-state index < -0.39 is 21.7 Å². The number of hydrogen-bond donors (Lipinski definition) is 2. The van der Waals surface area contributed by atoms with Crippen LogP contribution >= 0.6 is 0 Å². The lowest BCUT2D eigenvalue weighted by molar-refractivity contribution is -0.121. The molecule has 0 aliphatic heterocycles. The highest BCUT2D eigenvalue weighted by molar-refractivity contribution is 7.89. The van der Waals surface area contributed by atoms with Gasteiger partial charge >= 0.3 is 0 Å². The molecule has 0 bridgehead atoms. The molecule has 0 spiro atoms. The number of likely N-dealkylation sites (N-methyl/N-ethyl adjacent to an activating group) is 1. The second-order valence-electron chi connectivity index (χ2n) is 4.31. The van der Waals surface area contributed by atoms with Crippen LogP contribution in [-0.2, 0) is 14.8 Å². The van der Waals surface area contributed by atoms with Gasteiger partial charge in [-0.15, -0.1) is 0 Å². The summed E-state index contributed by atoms with van der Waals surface area (Å²) in [6.07, 6.45) is 0.405. The fourth-order valence-corrected chi connectivity index (χ4v) is 3.05. The number of nitrogens with zero attached hydrogens (tertiary/aromatic N) is 1. The quantitative estimate of drug-likeness (QED) is 0.677. The average molecular weight is 318 g/mol. The van der Waals surface area contributed by atoms with Crippen molar-refractivity contribution >= 4 is 15.9 Å². The van der Waals surface area contributed by atoms with E-state index >= 15 is 0 Å². The van der Waals surface area contributed by atoms with Crippen LogP contribution in [-0.4, -0.2) is 50.0 Å². The van der Waals surface area contributed by atoms with Gasteiger partial charge in [0.05, 0.1) is 11.4 Å². The van der Waals surface area contributed by atoms with Gasteiger partial charge in [-0.05, 0) is 30.7 Å². The summed E-state index contributed by atoms with van der Waals surface area (Å²) in [5.41, 5.74) is 0. The number of benzene rings is 1. The number of carbonyl (C=O) groups excluding carboxylic acids is 1. The lowest BCUT2D eigenvalue weighted by Gasteiger charge is -2.20. The molecular formula is C13H19FN2O4S. The Morgan fingerprint density at radius 1 is 1.33 bits per heavy atom. The molecule has 0 fully saturated rings. The van der Waals surface area contributed by atoms with E-state index in [4.69, 9.17) is 5.11 Å². The Morgan fingerprint density at radius 2 is 1.95 bits per heavy atom. The summed E-state index contributed by atoms with van der Waals surface area (Å²) in [5.74, 6) is -0.977. The average Bonchev–Trinajstić information content (AvgIpc) is 2.45. The summed E-state index contributed by atoms with van der Waals surface area (Å²) in [6, 6.07) is 4.44. The Morgan fingerprint density at radius 3 is 2.48 bits per heavy atom. The van der Waals surface area contributed by atoms with Crippen molar-refractivity contribution in [2.24, 2.45) is 0 Å².